The smallest absolute Gasteiger partial charge is 0.163 e. The maximum atomic E-state index is 5.20. The van der Waals surface area contributed by atoms with E-state index >= 15 is 0 Å². The zero-order chi connectivity index (χ0) is 12.6. The molecule has 2 rings (SSSR count). The third-order valence-corrected chi connectivity index (χ3v) is 3.72. The second-order valence-electron chi connectivity index (χ2n) is 5.19. The standard InChI is InChI=1S/C16H24O2/c1-2-3-4-5-6-7-8-11-15-14-10-9-12-16(15)18-17-13-14/h9-10,12-13,15H,2-8,11H2,1H3. The summed E-state index contributed by atoms with van der Waals surface area (Å²) < 4.78 is 0. The summed E-state index contributed by atoms with van der Waals surface area (Å²) in [7, 11) is 0. The van der Waals surface area contributed by atoms with Gasteiger partial charge in [-0.05, 0) is 12.5 Å². The van der Waals surface area contributed by atoms with Crippen LogP contribution >= 0.6 is 0 Å². The van der Waals surface area contributed by atoms with Crippen molar-refractivity contribution >= 4 is 0 Å². The molecule has 0 saturated carbocycles. The van der Waals surface area contributed by atoms with E-state index in [0.29, 0.717) is 5.92 Å². The molecule has 0 aromatic rings. The van der Waals surface area contributed by atoms with Crippen LogP contribution in [0.4, 0.5) is 0 Å². The Hall–Kier alpha value is -1.18. The Morgan fingerprint density at radius 1 is 1.06 bits per heavy atom. The van der Waals surface area contributed by atoms with Gasteiger partial charge in [0.1, 0.15) is 6.26 Å². The van der Waals surface area contributed by atoms with Gasteiger partial charge in [0.15, 0.2) is 5.76 Å². The lowest BCUT2D eigenvalue weighted by atomic mass is 9.88. The molecule has 2 heteroatoms. The summed E-state index contributed by atoms with van der Waals surface area (Å²) in [4.78, 5) is 10.2. The first-order valence-electron chi connectivity index (χ1n) is 7.33. The van der Waals surface area contributed by atoms with E-state index in [-0.39, 0.29) is 0 Å². The van der Waals surface area contributed by atoms with Crippen molar-refractivity contribution in [2.75, 3.05) is 0 Å². The highest BCUT2D eigenvalue weighted by Gasteiger charge is 2.25. The zero-order valence-electron chi connectivity index (χ0n) is 11.4. The Balaban J connectivity index is 1.63. The number of hydrogen-bond acceptors (Lipinski definition) is 2. The molecule has 2 nitrogen and oxygen atoms in total. The normalized spacial score (nSPS) is 20.8. The Morgan fingerprint density at radius 2 is 1.83 bits per heavy atom. The maximum absolute atomic E-state index is 5.20. The molecular formula is C16H24O2. The van der Waals surface area contributed by atoms with Gasteiger partial charge in [-0.2, -0.15) is 0 Å². The topological polar surface area (TPSA) is 18.5 Å². The Bertz CT molecular complexity index is 339. The van der Waals surface area contributed by atoms with Crippen molar-refractivity contribution in [2.45, 2.75) is 58.3 Å². The lowest BCUT2D eigenvalue weighted by molar-refractivity contribution is -0.227. The van der Waals surface area contributed by atoms with E-state index in [4.69, 9.17) is 9.78 Å². The minimum atomic E-state index is 0.430. The minimum absolute atomic E-state index is 0.430. The van der Waals surface area contributed by atoms with Gasteiger partial charge >= 0.3 is 0 Å². The number of allylic oxidation sites excluding steroid dienone is 4. The fourth-order valence-corrected chi connectivity index (χ4v) is 2.61. The minimum Gasteiger partial charge on any atom is -0.298 e. The second kappa shape index (κ2) is 7.30. The molecule has 0 amide bonds. The van der Waals surface area contributed by atoms with Gasteiger partial charge in [0.05, 0.1) is 0 Å². The van der Waals surface area contributed by atoms with Crippen LogP contribution in [0.1, 0.15) is 58.3 Å². The molecule has 1 aliphatic heterocycles. The molecule has 1 heterocycles. The highest BCUT2D eigenvalue weighted by molar-refractivity contribution is 5.35. The van der Waals surface area contributed by atoms with Crippen LogP contribution in [0.2, 0.25) is 0 Å². The van der Waals surface area contributed by atoms with Crippen molar-refractivity contribution in [1.29, 1.82) is 0 Å². The molecule has 1 aliphatic carbocycles. The zero-order valence-corrected chi connectivity index (χ0v) is 11.4. The fraction of sp³-hybridized carbons (Fsp3) is 0.625. The summed E-state index contributed by atoms with van der Waals surface area (Å²) in [6.45, 7) is 2.26. The molecule has 100 valence electrons. The highest BCUT2D eigenvalue weighted by Crippen LogP contribution is 2.34. The molecular weight excluding hydrogens is 224 g/mol. The van der Waals surface area contributed by atoms with Crippen LogP contribution in [0.15, 0.2) is 35.8 Å². The summed E-state index contributed by atoms with van der Waals surface area (Å²) in [5.41, 5.74) is 1.25. The molecule has 1 unspecified atom stereocenters. The molecule has 0 spiro atoms. The third kappa shape index (κ3) is 3.66. The Kier molecular flexibility index (Phi) is 5.37. The van der Waals surface area contributed by atoms with Crippen molar-refractivity contribution < 1.29 is 9.78 Å². The predicted octanol–water partition coefficient (Wildman–Crippen LogP) is 5.04. The van der Waals surface area contributed by atoms with Crippen molar-refractivity contribution in [3.63, 3.8) is 0 Å². The van der Waals surface area contributed by atoms with Crippen molar-refractivity contribution in [1.82, 2.24) is 0 Å². The first kappa shape index (κ1) is 13.3. The second-order valence-corrected chi connectivity index (χ2v) is 5.19. The van der Waals surface area contributed by atoms with E-state index in [9.17, 15) is 0 Å². The highest BCUT2D eigenvalue weighted by atomic mass is 17.2. The van der Waals surface area contributed by atoms with E-state index < -0.39 is 0 Å². The lowest BCUT2D eigenvalue weighted by Gasteiger charge is -2.26. The first-order valence-corrected chi connectivity index (χ1v) is 7.33. The molecule has 18 heavy (non-hydrogen) atoms. The van der Waals surface area contributed by atoms with E-state index in [1.54, 1.807) is 6.26 Å². The molecule has 0 fully saturated rings. The van der Waals surface area contributed by atoms with Gasteiger partial charge in [-0.3, -0.25) is 9.78 Å². The first-order chi connectivity index (χ1) is 8.92. The van der Waals surface area contributed by atoms with E-state index in [1.165, 1.54) is 56.9 Å². The monoisotopic (exact) mass is 248 g/mol. The summed E-state index contributed by atoms with van der Waals surface area (Å²) >= 11 is 0. The van der Waals surface area contributed by atoms with Gasteiger partial charge in [0.25, 0.3) is 0 Å². The number of fused-ring (bicyclic) bond motifs is 2. The molecule has 0 saturated heterocycles. The lowest BCUT2D eigenvalue weighted by Crippen LogP contribution is -2.16. The van der Waals surface area contributed by atoms with Gasteiger partial charge in [-0.1, -0.05) is 64.0 Å². The molecule has 2 aliphatic rings. The molecule has 0 N–H and O–H groups in total. The number of hydrogen-bond donors (Lipinski definition) is 0. The van der Waals surface area contributed by atoms with Crippen LogP contribution in [0.5, 0.6) is 0 Å². The number of rotatable bonds is 8. The summed E-state index contributed by atoms with van der Waals surface area (Å²) in [6, 6.07) is 0. The predicted molar refractivity (Wildman–Crippen MR) is 73.6 cm³/mol. The average molecular weight is 248 g/mol. The van der Waals surface area contributed by atoms with Crippen LogP contribution in [0, 0.1) is 5.92 Å². The van der Waals surface area contributed by atoms with E-state index in [1.807, 2.05) is 12.2 Å². The van der Waals surface area contributed by atoms with E-state index in [0.717, 1.165) is 5.76 Å². The quantitative estimate of drug-likeness (QED) is 0.442. The van der Waals surface area contributed by atoms with Crippen LogP contribution in [0.3, 0.4) is 0 Å². The summed E-state index contributed by atoms with van der Waals surface area (Å²) in [5.74, 6) is 1.40. The van der Waals surface area contributed by atoms with Gasteiger partial charge in [-0.25, -0.2) is 0 Å². The largest absolute Gasteiger partial charge is 0.298 e. The van der Waals surface area contributed by atoms with E-state index in [2.05, 4.69) is 13.0 Å². The third-order valence-electron chi connectivity index (χ3n) is 3.72. The van der Waals surface area contributed by atoms with Crippen LogP contribution in [-0.2, 0) is 9.78 Å². The number of unbranched alkanes of at least 4 members (excludes halogenated alkanes) is 6. The van der Waals surface area contributed by atoms with Gasteiger partial charge in [0, 0.05) is 11.5 Å². The molecule has 0 aromatic carbocycles. The molecule has 0 aromatic heterocycles. The van der Waals surface area contributed by atoms with Crippen LogP contribution < -0.4 is 0 Å². The SMILES string of the molecule is CCCCCCCCCC1C2=COOC1=CC=C2. The van der Waals surface area contributed by atoms with Crippen LogP contribution in [-0.4, -0.2) is 0 Å². The van der Waals surface area contributed by atoms with Gasteiger partial charge in [-0.15, -0.1) is 0 Å². The molecule has 0 radical (unpaired) electrons. The Labute approximate surface area is 110 Å². The molecule has 2 bridgehead atoms. The Morgan fingerprint density at radius 3 is 2.61 bits per heavy atom. The van der Waals surface area contributed by atoms with Gasteiger partial charge < -0.3 is 0 Å². The average Bonchev–Trinajstić information content (AvgIpc) is 2.37. The molecule has 1 atom stereocenters. The van der Waals surface area contributed by atoms with Crippen molar-refractivity contribution in [3.05, 3.63) is 35.8 Å². The fourth-order valence-electron chi connectivity index (χ4n) is 2.61. The maximum Gasteiger partial charge on any atom is 0.163 e. The van der Waals surface area contributed by atoms with Crippen LogP contribution in [0.25, 0.3) is 0 Å². The van der Waals surface area contributed by atoms with Crippen molar-refractivity contribution in [2.24, 2.45) is 5.92 Å². The van der Waals surface area contributed by atoms with Gasteiger partial charge in [0.2, 0.25) is 0 Å². The summed E-state index contributed by atoms with van der Waals surface area (Å²) in [5, 5.41) is 0. The summed E-state index contributed by atoms with van der Waals surface area (Å²) in [6.07, 6.45) is 18.6. The van der Waals surface area contributed by atoms with Crippen molar-refractivity contribution in [3.8, 4) is 0 Å².